The molecule has 1 aliphatic heterocycles. The summed E-state index contributed by atoms with van der Waals surface area (Å²) in [5.41, 5.74) is 3.69. The lowest BCUT2D eigenvalue weighted by atomic mass is 9.79. The minimum absolute atomic E-state index is 0.116. The number of benzene rings is 3. The Morgan fingerprint density at radius 2 is 1.75 bits per heavy atom. The Kier molecular flexibility index (Phi) is 4.86. The molecule has 0 aliphatic carbocycles. The van der Waals surface area contributed by atoms with Crippen LogP contribution in [0.3, 0.4) is 0 Å². The minimum Gasteiger partial charge on any atom is -0.497 e. The summed E-state index contributed by atoms with van der Waals surface area (Å²) in [7, 11) is 3.33. The molecule has 0 saturated carbocycles. The van der Waals surface area contributed by atoms with E-state index in [0.717, 1.165) is 16.6 Å². The number of anilines is 1. The van der Waals surface area contributed by atoms with E-state index >= 15 is 0 Å². The molecule has 7 heteroatoms. The number of imidazole rings is 1. The van der Waals surface area contributed by atoms with E-state index in [9.17, 15) is 9.59 Å². The number of carbonyl (C=O) groups excluding carboxylic acids is 2. The Hall–Kier alpha value is -4.13. The van der Waals surface area contributed by atoms with Gasteiger partial charge in [0, 0.05) is 12.6 Å². The molecule has 0 bridgehead atoms. The average Bonchev–Trinajstić information content (AvgIpc) is 3.23. The molecule has 7 nitrogen and oxygen atoms in total. The number of amides is 2. The first-order chi connectivity index (χ1) is 15.6. The van der Waals surface area contributed by atoms with Crippen LogP contribution in [0.4, 0.5) is 5.95 Å². The van der Waals surface area contributed by atoms with E-state index in [4.69, 9.17) is 4.74 Å². The van der Waals surface area contributed by atoms with E-state index in [2.05, 4.69) is 15.3 Å². The maximum atomic E-state index is 13.6. The van der Waals surface area contributed by atoms with Crippen molar-refractivity contribution in [3.05, 3.63) is 89.5 Å². The smallest absolute Gasteiger partial charge is 0.254 e. The number of para-hydroxylation sites is 2. The van der Waals surface area contributed by atoms with Crippen LogP contribution in [0.1, 0.15) is 33.4 Å². The summed E-state index contributed by atoms with van der Waals surface area (Å²) in [6, 6.07) is 21.8. The zero-order chi connectivity index (χ0) is 22.2. The molecule has 5 rings (SSSR count). The molecule has 0 saturated heterocycles. The molecule has 1 aliphatic rings. The topological polar surface area (TPSA) is 87.3 Å². The van der Waals surface area contributed by atoms with Crippen LogP contribution in [0.25, 0.3) is 11.0 Å². The van der Waals surface area contributed by atoms with Crippen LogP contribution in [0.15, 0.2) is 72.8 Å². The predicted octanol–water partition coefficient (Wildman–Crippen LogP) is 4.12. The summed E-state index contributed by atoms with van der Waals surface area (Å²) in [4.78, 5) is 36.0. The SMILES string of the molecule is COc1ccc([C@@H]2[C@@H](C(=O)Nc3nc4ccccc4[nH]3)c3ccccc3C(=O)N2C)cc1. The third-order valence-corrected chi connectivity index (χ3v) is 5.95. The van der Waals surface area contributed by atoms with Crippen molar-refractivity contribution in [2.75, 3.05) is 19.5 Å². The molecule has 0 fully saturated rings. The van der Waals surface area contributed by atoms with Crippen molar-refractivity contribution in [2.45, 2.75) is 12.0 Å². The molecular formula is C25H22N4O3. The normalized spacial score (nSPS) is 17.8. The first-order valence-corrected chi connectivity index (χ1v) is 10.3. The second-order valence-electron chi connectivity index (χ2n) is 7.79. The number of rotatable bonds is 4. The molecule has 160 valence electrons. The fraction of sp³-hybridized carbons (Fsp3) is 0.160. The van der Waals surface area contributed by atoms with Crippen LogP contribution in [0.2, 0.25) is 0 Å². The molecular weight excluding hydrogens is 404 g/mol. The van der Waals surface area contributed by atoms with E-state index < -0.39 is 12.0 Å². The molecule has 4 aromatic rings. The first-order valence-electron chi connectivity index (χ1n) is 10.3. The van der Waals surface area contributed by atoms with Crippen LogP contribution >= 0.6 is 0 Å². The predicted molar refractivity (Wildman–Crippen MR) is 122 cm³/mol. The highest BCUT2D eigenvalue weighted by molar-refractivity contribution is 6.04. The molecule has 2 N–H and O–H groups in total. The van der Waals surface area contributed by atoms with Crippen LogP contribution in [0.5, 0.6) is 5.75 Å². The number of fused-ring (bicyclic) bond motifs is 2. The zero-order valence-electron chi connectivity index (χ0n) is 17.7. The maximum absolute atomic E-state index is 13.6. The Labute approximate surface area is 185 Å². The van der Waals surface area contributed by atoms with Crippen molar-refractivity contribution >= 4 is 28.8 Å². The van der Waals surface area contributed by atoms with Crippen molar-refractivity contribution in [2.24, 2.45) is 0 Å². The third kappa shape index (κ3) is 3.28. The fourth-order valence-corrected chi connectivity index (χ4v) is 4.38. The van der Waals surface area contributed by atoms with E-state index in [-0.39, 0.29) is 11.8 Å². The number of aromatic nitrogens is 2. The van der Waals surface area contributed by atoms with Gasteiger partial charge in [-0.3, -0.25) is 14.9 Å². The molecule has 0 radical (unpaired) electrons. The van der Waals surface area contributed by atoms with Gasteiger partial charge in [-0.05, 0) is 41.5 Å². The second-order valence-corrected chi connectivity index (χ2v) is 7.79. The molecule has 0 spiro atoms. The van der Waals surface area contributed by atoms with Crippen LogP contribution in [-0.4, -0.2) is 40.8 Å². The van der Waals surface area contributed by atoms with Crippen molar-refractivity contribution in [3.8, 4) is 5.75 Å². The van der Waals surface area contributed by atoms with Crippen LogP contribution < -0.4 is 10.1 Å². The Bertz CT molecular complexity index is 1280. The van der Waals surface area contributed by atoms with Crippen molar-refractivity contribution in [3.63, 3.8) is 0 Å². The van der Waals surface area contributed by atoms with E-state index in [1.54, 1.807) is 25.1 Å². The molecule has 2 amide bonds. The Morgan fingerprint density at radius 1 is 1.03 bits per heavy atom. The average molecular weight is 426 g/mol. The lowest BCUT2D eigenvalue weighted by Crippen LogP contribution is -2.44. The molecule has 3 aromatic carbocycles. The number of hydrogen-bond donors (Lipinski definition) is 2. The van der Waals surface area contributed by atoms with Gasteiger partial charge in [0.25, 0.3) is 5.91 Å². The summed E-state index contributed by atoms with van der Waals surface area (Å²) in [5, 5.41) is 2.93. The van der Waals surface area contributed by atoms with Crippen LogP contribution in [-0.2, 0) is 4.79 Å². The number of methoxy groups -OCH3 is 1. The summed E-state index contributed by atoms with van der Waals surface area (Å²) >= 11 is 0. The highest BCUT2D eigenvalue weighted by atomic mass is 16.5. The van der Waals surface area contributed by atoms with Gasteiger partial charge in [-0.1, -0.05) is 42.5 Å². The first kappa shape index (κ1) is 19.8. The number of nitrogens with one attached hydrogen (secondary N) is 2. The lowest BCUT2D eigenvalue weighted by Gasteiger charge is -2.39. The van der Waals surface area contributed by atoms with Gasteiger partial charge < -0.3 is 14.6 Å². The summed E-state index contributed by atoms with van der Waals surface area (Å²) in [6.45, 7) is 0. The summed E-state index contributed by atoms with van der Waals surface area (Å²) < 4.78 is 5.27. The van der Waals surface area contributed by atoms with E-state index in [1.807, 2.05) is 66.7 Å². The highest BCUT2D eigenvalue weighted by Gasteiger charge is 2.42. The molecule has 32 heavy (non-hydrogen) atoms. The number of aromatic amines is 1. The second kappa shape index (κ2) is 7.85. The molecule has 0 unspecified atom stereocenters. The number of hydrogen-bond acceptors (Lipinski definition) is 4. The maximum Gasteiger partial charge on any atom is 0.254 e. The fourth-order valence-electron chi connectivity index (χ4n) is 4.38. The molecule has 2 atom stereocenters. The number of nitrogens with zero attached hydrogens (tertiary/aromatic N) is 2. The van der Waals surface area contributed by atoms with Gasteiger partial charge in [0.05, 0.1) is 30.1 Å². The number of likely N-dealkylation sites (N-methyl/N-ethyl adjacent to an activating group) is 1. The van der Waals surface area contributed by atoms with Crippen molar-refractivity contribution in [1.82, 2.24) is 14.9 Å². The van der Waals surface area contributed by atoms with Gasteiger partial charge in [0.15, 0.2) is 0 Å². The van der Waals surface area contributed by atoms with Gasteiger partial charge in [-0.2, -0.15) is 0 Å². The minimum atomic E-state index is -0.615. The number of H-pyrrole nitrogens is 1. The third-order valence-electron chi connectivity index (χ3n) is 5.95. The van der Waals surface area contributed by atoms with Gasteiger partial charge in [-0.15, -0.1) is 0 Å². The highest BCUT2D eigenvalue weighted by Crippen LogP contribution is 2.42. The molecule has 1 aromatic heterocycles. The molecule has 2 heterocycles. The summed E-state index contributed by atoms with van der Waals surface area (Å²) in [5.74, 6) is 0.116. The lowest BCUT2D eigenvalue weighted by molar-refractivity contribution is -0.119. The van der Waals surface area contributed by atoms with E-state index in [0.29, 0.717) is 22.8 Å². The zero-order valence-corrected chi connectivity index (χ0v) is 17.7. The van der Waals surface area contributed by atoms with E-state index in [1.165, 1.54) is 0 Å². The largest absolute Gasteiger partial charge is 0.497 e. The van der Waals surface area contributed by atoms with Gasteiger partial charge in [0.1, 0.15) is 5.75 Å². The number of carbonyl (C=O) groups is 2. The Balaban J connectivity index is 1.57. The van der Waals surface area contributed by atoms with Gasteiger partial charge >= 0.3 is 0 Å². The van der Waals surface area contributed by atoms with Gasteiger partial charge in [-0.25, -0.2) is 4.98 Å². The number of ether oxygens (including phenoxy) is 1. The summed E-state index contributed by atoms with van der Waals surface area (Å²) in [6.07, 6.45) is 0. The van der Waals surface area contributed by atoms with Crippen molar-refractivity contribution in [1.29, 1.82) is 0 Å². The quantitative estimate of drug-likeness (QED) is 0.514. The van der Waals surface area contributed by atoms with Crippen molar-refractivity contribution < 1.29 is 14.3 Å². The van der Waals surface area contributed by atoms with Gasteiger partial charge in [0.2, 0.25) is 11.9 Å². The standard InChI is InChI=1S/C25H22N4O3/c1-29-22(15-11-13-16(32-2)14-12-15)21(17-7-3-4-8-18(17)24(29)31)23(30)28-25-26-19-9-5-6-10-20(19)27-25/h3-14,21-22H,1-2H3,(H2,26,27,28,30)/t21-,22+/m0/s1. The Morgan fingerprint density at radius 3 is 2.50 bits per heavy atom. The monoisotopic (exact) mass is 426 g/mol. The van der Waals surface area contributed by atoms with Crippen LogP contribution in [0, 0.1) is 0 Å².